The lowest BCUT2D eigenvalue weighted by Gasteiger charge is -2.08. The predicted octanol–water partition coefficient (Wildman–Crippen LogP) is 3.86. The first-order valence-electron chi connectivity index (χ1n) is 9.24. The molecule has 0 amide bonds. The molecule has 0 unspecified atom stereocenters. The van der Waals surface area contributed by atoms with E-state index in [-0.39, 0.29) is 22.2 Å². The number of carbonyl (C=O) groups excluding carboxylic acids is 1. The van der Waals surface area contributed by atoms with Crippen LogP contribution in [-0.2, 0) is 22.1 Å². The molecule has 1 heterocycles. The van der Waals surface area contributed by atoms with Crippen LogP contribution in [0.15, 0.2) is 58.6 Å². The van der Waals surface area contributed by atoms with Gasteiger partial charge >= 0.3 is 0 Å². The van der Waals surface area contributed by atoms with E-state index >= 15 is 0 Å². The zero-order valence-electron chi connectivity index (χ0n) is 16.6. The number of thioether (sulfide) groups is 1. The Hall–Kier alpha value is -2.45. The highest BCUT2D eigenvalue weighted by Crippen LogP contribution is 2.22. The maximum atomic E-state index is 12.7. The number of Topliss-reactive ketones (excluding diaryl/α,β-unsaturated/α-hetero) is 1. The Balaban J connectivity index is 1.73. The summed E-state index contributed by atoms with van der Waals surface area (Å²) in [6.07, 6.45) is 0. The molecule has 3 rings (SSSR count). The van der Waals surface area contributed by atoms with Crippen molar-refractivity contribution in [3.63, 3.8) is 0 Å². The molecule has 0 aliphatic heterocycles. The molecule has 0 aliphatic rings. The third-order valence-electron chi connectivity index (χ3n) is 4.51. The van der Waals surface area contributed by atoms with Gasteiger partial charge in [-0.3, -0.25) is 4.79 Å². The summed E-state index contributed by atoms with van der Waals surface area (Å²) in [4.78, 5) is 12.7. The number of rotatable bonds is 8. The lowest BCUT2D eigenvalue weighted by Crippen LogP contribution is -2.11. The fraction of sp³-hybridized carbons (Fsp3) is 0.286. The number of nitrogens with zero attached hydrogens (tertiary/aromatic N) is 3. The Labute approximate surface area is 175 Å². The standard InChI is InChI=1S/C21H23N3O3S2/c1-4-24-20(14-29(26,27)18-11-7-16(3)8-12-18)22-23-21(24)28-13-19(25)17-9-5-15(2)6-10-17/h5-12H,4,13-14H2,1-3H3. The zero-order valence-corrected chi connectivity index (χ0v) is 18.3. The molecule has 1 aromatic heterocycles. The van der Waals surface area contributed by atoms with Gasteiger partial charge in [0, 0.05) is 12.1 Å². The van der Waals surface area contributed by atoms with Gasteiger partial charge in [0.2, 0.25) is 0 Å². The normalized spacial score (nSPS) is 11.6. The van der Waals surface area contributed by atoms with Gasteiger partial charge in [0.25, 0.3) is 0 Å². The van der Waals surface area contributed by atoms with Gasteiger partial charge in [0.15, 0.2) is 20.8 Å². The Morgan fingerprint density at radius 3 is 2.14 bits per heavy atom. The Kier molecular flexibility index (Phi) is 6.54. The second kappa shape index (κ2) is 8.92. The van der Waals surface area contributed by atoms with Crippen molar-refractivity contribution in [1.82, 2.24) is 14.8 Å². The third kappa shape index (κ3) is 5.13. The molecule has 29 heavy (non-hydrogen) atoms. The number of hydrogen-bond acceptors (Lipinski definition) is 6. The van der Waals surface area contributed by atoms with Gasteiger partial charge < -0.3 is 4.57 Å². The monoisotopic (exact) mass is 429 g/mol. The van der Waals surface area contributed by atoms with E-state index in [9.17, 15) is 13.2 Å². The van der Waals surface area contributed by atoms with Gasteiger partial charge in [-0.1, -0.05) is 59.3 Å². The number of ketones is 1. The molecule has 0 atom stereocenters. The molecule has 0 fully saturated rings. The lowest BCUT2D eigenvalue weighted by atomic mass is 10.1. The fourth-order valence-corrected chi connectivity index (χ4v) is 4.99. The molecule has 8 heteroatoms. The summed E-state index contributed by atoms with van der Waals surface area (Å²) in [6.45, 7) is 6.30. The SMILES string of the molecule is CCn1c(CS(=O)(=O)c2ccc(C)cc2)nnc1SCC(=O)c1ccc(C)cc1. The van der Waals surface area contributed by atoms with Crippen molar-refractivity contribution in [2.45, 2.75) is 43.1 Å². The summed E-state index contributed by atoms with van der Waals surface area (Å²) in [7, 11) is -3.53. The minimum absolute atomic E-state index is 0.00511. The van der Waals surface area contributed by atoms with Crippen molar-refractivity contribution in [2.75, 3.05) is 5.75 Å². The van der Waals surface area contributed by atoms with Gasteiger partial charge in [0.05, 0.1) is 10.6 Å². The van der Waals surface area contributed by atoms with E-state index < -0.39 is 9.84 Å². The average Bonchev–Trinajstić information content (AvgIpc) is 3.07. The van der Waals surface area contributed by atoms with Gasteiger partial charge in [-0.05, 0) is 32.9 Å². The summed E-state index contributed by atoms with van der Waals surface area (Å²) in [5, 5.41) is 8.74. The van der Waals surface area contributed by atoms with Crippen LogP contribution in [0.2, 0.25) is 0 Å². The second-order valence-corrected chi connectivity index (χ2v) is 9.73. The van der Waals surface area contributed by atoms with Crippen LogP contribution >= 0.6 is 11.8 Å². The Bertz CT molecular complexity index is 1100. The maximum absolute atomic E-state index is 12.7. The minimum atomic E-state index is -3.53. The molecule has 0 aliphatic carbocycles. The Morgan fingerprint density at radius 1 is 0.966 bits per heavy atom. The van der Waals surface area contributed by atoms with E-state index in [1.165, 1.54) is 11.8 Å². The summed E-state index contributed by atoms with van der Waals surface area (Å²) < 4.78 is 27.2. The van der Waals surface area contributed by atoms with Crippen LogP contribution in [0.5, 0.6) is 0 Å². The van der Waals surface area contributed by atoms with E-state index in [1.54, 1.807) is 28.8 Å². The number of carbonyl (C=O) groups is 1. The number of hydrogen-bond donors (Lipinski definition) is 0. The molecular formula is C21H23N3O3S2. The summed E-state index contributed by atoms with van der Waals surface area (Å²) in [5.74, 6) is 0.350. The van der Waals surface area contributed by atoms with E-state index in [4.69, 9.17) is 0 Å². The molecule has 0 saturated carbocycles. The quantitative estimate of drug-likeness (QED) is 0.399. The topological polar surface area (TPSA) is 81.9 Å². The smallest absolute Gasteiger partial charge is 0.191 e. The van der Waals surface area contributed by atoms with E-state index in [2.05, 4.69) is 10.2 Å². The number of aryl methyl sites for hydroxylation is 2. The van der Waals surface area contributed by atoms with Crippen LogP contribution in [0.3, 0.4) is 0 Å². The molecule has 0 N–H and O–H groups in total. The van der Waals surface area contributed by atoms with E-state index in [1.807, 2.05) is 45.0 Å². The average molecular weight is 430 g/mol. The highest BCUT2D eigenvalue weighted by Gasteiger charge is 2.21. The molecule has 2 aromatic carbocycles. The molecule has 0 saturated heterocycles. The molecular weight excluding hydrogens is 406 g/mol. The number of aromatic nitrogens is 3. The molecule has 6 nitrogen and oxygen atoms in total. The zero-order chi connectivity index (χ0) is 21.0. The van der Waals surface area contributed by atoms with Crippen LogP contribution < -0.4 is 0 Å². The van der Waals surface area contributed by atoms with Gasteiger partial charge in [0.1, 0.15) is 11.6 Å². The van der Waals surface area contributed by atoms with Crippen LogP contribution in [0.4, 0.5) is 0 Å². The molecule has 0 radical (unpaired) electrons. The fourth-order valence-electron chi connectivity index (χ4n) is 2.80. The van der Waals surface area contributed by atoms with Gasteiger partial charge in [-0.25, -0.2) is 8.42 Å². The van der Waals surface area contributed by atoms with Gasteiger partial charge in [-0.2, -0.15) is 0 Å². The first-order valence-corrected chi connectivity index (χ1v) is 11.9. The first kappa shape index (κ1) is 21.3. The highest BCUT2D eigenvalue weighted by atomic mass is 32.2. The minimum Gasteiger partial charge on any atom is -0.305 e. The van der Waals surface area contributed by atoms with Crippen molar-refractivity contribution in [1.29, 1.82) is 0 Å². The van der Waals surface area contributed by atoms with E-state index in [0.29, 0.717) is 23.1 Å². The van der Waals surface area contributed by atoms with Crippen molar-refractivity contribution < 1.29 is 13.2 Å². The third-order valence-corrected chi connectivity index (χ3v) is 7.11. The van der Waals surface area contributed by atoms with E-state index in [0.717, 1.165) is 11.1 Å². The van der Waals surface area contributed by atoms with Crippen LogP contribution in [-0.4, -0.2) is 34.7 Å². The summed E-state index contributed by atoms with van der Waals surface area (Å²) in [5.41, 5.74) is 2.74. The van der Waals surface area contributed by atoms with Crippen molar-refractivity contribution in [3.8, 4) is 0 Å². The predicted molar refractivity (Wildman–Crippen MR) is 114 cm³/mol. The van der Waals surface area contributed by atoms with Crippen LogP contribution in [0.25, 0.3) is 0 Å². The molecule has 0 spiro atoms. The molecule has 0 bridgehead atoms. The van der Waals surface area contributed by atoms with Crippen molar-refractivity contribution >= 4 is 27.4 Å². The molecule has 152 valence electrons. The van der Waals surface area contributed by atoms with Crippen LogP contribution in [0, 0.1) is 13.8 Å². The second-order valence-electron chi connectivity index (χ2n) is 6.79. The highest BCUT2D eigenvalue weighted by molar-refractivity contribution is 7.99. The Morgan fingerprint density at radius 2 is 1.55 bits per heavy atom. The van der Waals surface area contributed by atoms with Crippen LogP contribution in [0.1, 0.15) is 34.2 Å². The van der Waals surface area contributed by atoms with Crippen molar-refractivity contribution in [3.05, 3.63) is 71.0 Å². The summed E-state index contributed by atoms with van der Waals surface area (Å²) in [6, 6.07) is 14.2. The first-order chi connectivity index (χ1) is 13.8. The van der Waals surface area contributed by atoms with Crippen molar-refractivity contribution in [2.24, 2.45) is 0 Å². The number of benzene rings is 2. The summed E-state index contributed by atoms with van der Waals surface area (Å²) >= 11 is 1.27. The van der Waals surface area contributed by atoms with Gasteiger partial charge in [-0.15, -0.1) is 10.2 Å². The molecule has 3 aromatic rings. The lowest BCUT2D eigenvalue weighted by molar-refractivity contribution is 0.102. The number of sulfone groups is 1. The maximum Gasteiger partial charge on any atom is 0.191 e. The largest absolute Gasteiger partial charge is 0.305 e.